The van der Waals surface area contributed by atoms with Crippen LogP contribution >= 0.6 is 11.3 Å². The van der Waals surface area contributed by atoms with E-state index in [0.29, 0.717) is 34.8 Å². The van der Waals surface area contributed by atoms with E-state index in [4.69, 9.17) is 10.00 Å². The van der Waals surface area contributed by atoms with Crippen molar-refractivity contribution in [2.75, 3.05) is 20.3 Å². The fourth-order valence-electron chi connectivity index (χ4n) is 2.50. The summed E-state index contributed by atoms with van der Waals surface area (Å²) < 4.78 is 6.70. The zero-order chi connectivity index (χ0) is 20.6. The minimum absolute atomic E-state index is 0.00851. The summed E-state index contributed by atoms with van der Waals surface area (Å²) in [6.07, 6.45) is 1.66. The van der Waals surface area contributed by atoms with Gasteiger partial charge in [-0.3, -0.25) is 15.1 Å². The predicted molar refractivity (Wildman–Crippen MR) is 111 cm³/mol. The summed E-state index contributed by atoms with van der Waals surface area (Å²) >= 11 is 1.39. The maximum atomic E-state index is 11.1. The Balaban J connectivity index is 2.04. The lowest BCUT2D eigenvalue weighted by Crippen LogP contribution is -2.13. The first-order valence-corrected chi connectivity index (χ1v) is 9.49. The lowest BCUT2D eigenvalue weighted by Gasteiger charge is -2.04. The zero-order valence-electron chi connectivity index (χ0n) is 15.6. The Hall–Kier alpha value is -3.61. The minimum Gasteiger partial charge on any atom is -0.383 e. The van der Waals surface area contributed by atoms with Crippen LogP contribution in [-0.2, 0) is 4.74 Å². The van der Waals surface area contributed by atoms with Gasteiger partial charge < -0.3 is 4.74 Å². The van der Waals surface area contributed by atoms with Crippen LogP contribution in [0, 0.1) is 21.4 Å². The standard InChI is InChI=1S/C20H17N5O3S/c1-28-10-9-22-20-24(23-13-16-7-5-15(12-21)6-8-16)19(14-29-20)17-3-2-4-18(11-17)25(26)27/h2-8,11,13-14H,9-10H2,1H3/b22-20?,23-13-. The van der Waals surface area contributed by atoms with Gasteiger partial charge in [0.1, 0.15) is 0 Å². The lowest BCUT2D eigenvalue weighted by molar-refractivity contribution is -0.384. The molecule has 146 valence electrons. The molecule has 0 bridgehead atoms. The third-order valence-corrected chi connectivity index (χ3v) is 4.80. The van der Waals surface area contributed by atoms with Crippen molar-refractivity contribution in [3.63, 3.8) is 0 Å². The molecule has 0 spiro atoms. The summed E-state index contributed by atoms with van der Waals surface area (Å²) in [7, 11) is 1.61. The number of nitrogens with zero attached hydrogens (tertiary/aromatic N) is 5. The molecule has 0 aliphatic rings. The Kier molecular flexibility index (Phi) is 6.63. The van der Waals surface area contributed by atoms with Crippen LogP contribution in [0.25, 0.3) is 11.3 Å². The van der Waals surface area contributed by atoms with Gasteiger partial charge in [0, 0.05) is 30.2 Å². The monoisotopic (exact) mass is 407 g/mol. The second-order valence-corrected chi connectivity index (χ2v) is 6.71. The molecule has 0 radical (unpaired) electrons. The van der Waals surface area contributed by atoms with Crippen LogP contribution in [0.2, 0.25) is 0 Å². The number of thiazole rings is 1. The highest BCUT2D eigenvalue weighted by molar-refractivity contribution is 7.07. The smallest absolute Gasteiger partial charge is 0.270 e. The molecule has 9 heteroatoms. The summed E-state index contributed by atoms with van der Waals surface area (Å²) in [5.74, 6) is 0. The van der Waals surface area contributed by atoms with E-state index in [1.54, 1.807) is 54.4 Å². The lowest BCUT2D eigenvalue weighted by atomic mass is 10.1. The number of nitro benzene ring substituents is 1. The van der Waals surface area contributed by atoms with E-state index in [0.717, 1.165) is 5.56 Å². The molecule has 1 aromatic heterocycles. The fraction of sp³-hybridized carbons (Fsp3) is 0.150. The van der Waals surface area contributed by atoms with Gasteiger partial charge in [0.05, 0.1) is 41.6 Å². The second-order valence-electron chi connectivity index (χ2n) is 5.88. The molecule has 0 saturated carbocycles. The molecule has 2 aromatic carbocycles. The van der Waals surface area contributed by atoms with Crippen LogP contribution in [0.4, 0.5) is 5.69 Å². The van der Waals surface area contributed by atoms with Crippen molar-refractivity contribution in [2.24, 2.45) is 10.1 Å². The molecule has 0 aliphatic carbocycles. The molecule has 0 amide bonds. The quantitative estimate of drug-likeness (QED) is 0.259. The van der Waals surface area contributed by atoms with E-state index in [2.05, 4.69) is 16.2 Å². The van der Waals surface area contributed by atoms with Crippen LogP contribution in [0.3, 0.4) is 0 Å². The van der Waals surface area contributed by atoms with Crippen molar-refractivity contribution < 1.29 is 9.66 Å². The Bertz CT molecular complexity index is 1140. The van der Waals surface area contributed by atoms with Gasteiger partial charge in [-0.15, -0.1) is 11.3 Å². The SMILES string of the molecule is COCCN=c1scc(-c2cccc([N+](=O)[O-])c2)n1/N=C\c1ccc(C#N)cc1. The summed E-state index contributed by atoms with van der Waals surface area (Å²) in [4.78, 5) is 15.9. The van der Waals surface area contributed by atoms with Gasteiger partial charge in [0.2, 0.25) is 4.80 Å². The molecule has 3 aromatic rings. The average Bonchev–Trinajstić information content (AvgIpc) is 3.15. The first kappa shape index (κ1) is 20.1. The van der Waals surface area contributed by atoms with Gasteiger partial charge in [-0.1, -0.05) is 24.3 Å². The number of nitro groups is 1. The summed E-state index contributed by atoms with van der Waals surface area (Å²) in [5.41, 5.74) is 2.75. The molecule has 0 saturated heterocycles. The number of non-ortho nitro benzene ring substituents is 1. The highest BCUT2D eigenvalue weighted by atomic mass is 32.1. The Morgan fingerprint density at radius 2 is 2.10 bits per heavy atom. The maximum Gasteiger partial charge on any atom is 0.270 e. The van der Waals surface area contributed by atoms with Crippen molar-refractivity contribution in [2.45, 2.75) is 0 Å². The van der Waals surface area contributed by atoms with E-state index in [1.807, 2.05) is 5.38 Å². The normalized spacial score (nSPS) is 11.7. The Morgan fingerprint density at radius 3 is 2.79 bits per heavy atom. The van der Waals surface area contributed by atoms with Crippen LogP contribution in [0.15, 0.2) is 64.0 Å². The van der Waals surface area contributed by atoms with E-state index >= 15 is 0 Å². The average molecular weight is 407 g/mol. The van der Waals surface area contributed by atoms with E-state index < -0.39 is 4.92 Å². The third kappa shape index (κ3) is 5.01. The molecule has 0 unspecified atom stereocenters. The third-order valence-electron chi connectivity index (χ3n) is 3.94. The Labute approximate surface area is 170 Å². The molecule has 29 heavy (non-hydrogen) atoms. The number of aromatic nitrogens is 1. The first-order valence-electron chi connectivity index (χ1n) is 8.61. The van der Waals surface area contributed by atoms with Gasteiger partial charge in [0.25, 0.3) is 5.69 Å². The molecular formula is C20H17N5O3S. The molecule has 8 nitrogen and oxygen atoms in total. The number of ether oxygens (including phenoxy) is 1. The van der Waals surface area contributed by atoms with E-state index in [9.17, 15) is 10.1 Å². The van der Waals surface area contributed by atoms with Crippen molar-refractivity contribution in [3.05, 3.63) is 80.0 Å². The number of hydrogen-bond acceptors (Lipinski definition) is 7. The number of rotatable bonds is 7. The minimum atomic E-state index is -0.426. The summed E-state index contributed by atoms with van der Waals surface area (Å²) in [6, 6.07) is 15.5. The zero-order valence-corrected chi connectivity index (χ0v) is 16.4. The first-order chi connectivity index (χ1) is 14.1. The molecule has 1 heterocycles. The molecule has 3 rings (SSSR count). The van der Waals surface area contributed by atoms with Crippen molar-refractivity contribution >= 4 is 23.2 Å². The second kappa shape index (κ2) is 9.54. The van der Waals surface area contributed by atoms with Crippen LogP contribution in [-0.4, -0.2) is 36.1 Å². The van der Waals surface area contributed by atoms with Gasteiger partial charge in [-0.05, 0) is 17.7 Å². The molecular weight excluding hydrogens is 390 g/mol. The summed E-state index contributed by atoms with van der Waals surface area (Å²) in [5, 5.41) is 26.4. The predicted octanol–water partition coefficient (Wildman–Crippen LogP) is 3.43. The van der Waals surface area contributed by atoms with Gasteiger partial charge in [-0.2, -0.15) is 10.4 Å². The van der Waals surface area contributed by atoms with E-state index in [1.165, 1.54) is 23.5 Å². The van der Waals surface area contributed by atoms with Gasteiger partial charge in [-0.25, -0.2) is 4.68 Å². The van der Waals surface area contributed by atoms with Crippen LogP contribution in [0.5, 0.6) is 0 Å². The summed E-state index contributed by atoms with van der Waals surface area (Å²) in [6.45, 7) is 0.946. The number of benzene rings is 2. The number of hydrogen-bond donors (Lipinski definition) is 0. The topological polar surface area (TPSA) is 106 Å². The highest BCUT2D eigenvalue weighted by Gasteiger charge is 2.12. The maximum absolute atomic E-state index is 11.1. The van der Waals surface area contributed by atoms with Gasteiger partial charge in [0.15, 0.2) is 0 Å². The van der Waals surface area contributed by atoms with Crippen LogP contribution < -0.4 is 4.80 Å². The fourth-order valence-corrected chi connectivity index (χ4v) is 3.36. The van der Waals surface area contributed by atoms with Crippen molar-refractivity contribution in [1.29, 1.82) is 5.26 Å². The highest BCUT2D eigenvalue weighted by Crippen LogP contribution is 2.24. The van der Waals surface area contributed by atoms with Crippen LogP contribution in [0.1, 0.15) is 11.1 Å². The van der Waals surface area contributed by atoms with Crippen molar-refractivity contribution in [3.8, 4) is 17.3 Å². The molecule has 0 aliphatic heterocycles. The molecule has 0 fully saturated rings. The Morgan fingerprint density at radius 1 is 1.31 bits per heavy atom. The molecule has 0 atom stereocenters. The van der Waals surface area contributed by atoms with Crippen molar-refractivity contribution in [1.82, 2.24) is 4.68 Å². The largest absolute Gasteiger partial charge is 0.383 e. The van der Waals surface area contributed by atoms with Gasteiger partial charge >= 0.3 is 0 Å². The molecule has 0 N–H and O–H groups in total. The number of nitriles is 1. The number of methoxy groups -OCH3 is 1. The van der Waals surface area contributed by atoms with E-state index in [-0.39, 0.29) is 5.69 Å².